The fourth-order valence-electron chi connectivity index (χ4n) is 2.24. The summed E-state index contributed by atoms with van der Waals surface area (Å²) in [5, 5.41) is 0.930. The fourth-order valence-corrected chi connectivity index (χ4v) is 2.72. The molecule has 1 saturated heterocycles. The molecule has 1 atom stereocenters. The van der Waals surface area contributed by atoms with Gasteiger partial charge >= 0.3 is 0 Å². The van der Waals surface area contributed by atoms with Gasteiger partial charge < -0.3 is 15.4 Å². The Morgan fingerprint density at radius 2 is 2.26 bits per heavy atom. The number of piperidine rings is 1. The first-order chi connectivity index (χ1) is 9.11. The van der Waals surface area contributed by atoms with Gasteiger partial charge in [0.05, 0.1) is 16.1 Å². The van der Waals surface area contributed by atoms with Crippen LogP contribution in [-0.4, -0.2) is 30.8 Å². The van der Waals surface area contributed by atoms with E-state index in [9.17, 15) is 0 Å². The summed E-state index contributed by atoms with van der Waals surface area (Å²) in [6, 6.07) is 1.65. The molecule has 0 radical (unpaired) electrons. The van der Waals surface area contributed by atoms with E-state index in [1.807, 2.05) is 0 Å². The van der Waals surface area contributed by atoms with Crippen molar-refractivity contribution in [2.75, 3.05) is 30.3 Å². The Labute approximate surface area is 123 Å². The second kappa shape index (κ2) is 6.64. The van der Waals surface area contributed by atoms with Gasteiger partial charge in [0.25, 0.3) is 0 Å². The number of nitrogens with two attached hydrogens (primary N) is 1. The molecule has 0 saturated carbocycles. The Balaban J connectivity index is 2.10. The maximum absolute atomic E-state index is 6.20. The lowest BCUT2D eigenvalue weighted by Crippen LogP contribution is -2.40. The van der Waals surface area contributed by atoms with Crippen molar-refractivity contribution in [2.45, 2.75) is 32.3 Å². The number of hydrogen-bond donors (Lipinski definition) is 1. The van der Waals surface area contributed by atoms with E-state index in [0.29, 0.717) is 21.7 Å². The molecule has 2 rings (SSSR count). The average Bonchev–Trinajstić information content (AvgIpc) is 2.41. The number of nitrogens with zero attached hydrogens (tertiary/aromatic N) is 2. The molecule has 1 aliphatic heterocycles. The van der Waals surface area contributed by atoms with Crippen molar-refractivity contribution in [2.24, 2.45) is 0 Å². The molecule has 4 nitrogen and oxygen atoms in total. The van der Waals surface area contributed by atoms with Gasteiger partial charge in [0.2, 0.25) is 0 Å². The van der Waals surface area contributed by atoms with Crippen LogP contribution in [0.1, 0.15) is 26.2 Å². The molecule has 1 aliphatic rings. The van der Waals surface area contributed by atoms with E-state index in [1.54, 1.807) is 6.07 Å². The van der Waals surface area contributed by atoms with Gasteiger partial charge in [0.15, 0.2) is 0 Å². The lowest BCUT2D eigenvalue weighted by atomic mass is 10.1. The zero-order valence-corrected chi connectivity index (χ0v) is 12.5. The summed E-state index contributed by atoms with van der Waals surface area (Å²) in [4.78, 5) is 6.42. The molecule has 0 aliphatic carbocycles. The SMILES string of the molecule is CCCOC1CCCN(c2nc(N)c(Cl)cc2Cl)C1. The normalized spacial score (nSPS) is 19.7. The van der Waals surface area contributed by atoms with E-state index < -0.39 is 0 Å². The minimum atomic E-state index is 0.239. The van der Waals surface area contributed by atoms with Crippen LogP contribution in [0.4, 0.5) is 11.6 Å². The molecule has 1 aromatic heterocycles. The van der Waals surface area contributed by atoms with Gasteiger partial charge in [-0.05, 0) is 25.3 Å². The van der Waals surface area contributed by atoms with E-state index >= 15 is 0 Å². The van der Waals surface area contributed by atoms with Gasteiger partial charge in [-0.3, -0.25) is 0 Å². The van der Waals surface area contributed by atoms with Crippen LogP contribution in [0.2, 0.25) is 10.0 Å². The quantitative estimate of drug-likeness (QED) is 0.926. The predicted molar refractivity (Wildman–Crippen MR) is 80.1 cm³/mol. The third kappa shape index (κ3) is 3.65. The number of pyridine rings is 1. The molecule has 2 heterocycles. The number of nitrogen functional groups attached to an aromatic ring is 1. The van der Waals surface area contributed by atoms with E-state index in [2.05, 4.69) is 16.8 Å². The van der Waals surface area contributed by atoms with Crippen molar-refractivity contribution in [3.8, 4) is 0 Å². The lowest BCUT2D eigenvalue weighted by Gasteiger charge is -2.34. The minimum absolute atomic E-state index is 0.239. The van der Waals surface area contributed by atoms with Crippen LogP contribution in [0.5, 0.6) is 0 Å². The molecule has 6 heteroatoms. The van der Waals surface area contributed by atoms with Gasteiger partial charge in [-0.2, -0.15) is 0 Å². The highest BCUT2D eigenvalue weighted by Gasteiger charge is 2.23. The maximum atomic E-state index is 6.20. The van der Waals surface area contributed by atoms with Gasteiger partial charge in [-0.1, -0.05) is 30.1 Å². The van der Waals surface area contributed by atoms with Crippen LogP contribution < -0.4 is 10.6 Å². The van der Waals surface area contributed by atoms with Crippen molar-refractivity contribution in [1.82, 2.24) is 4.98 Å². The summed E-state index contributed by atoms with van der Waals surface area (Å²) in [5.41, 5.74) is 5.75. The standard InChI is InChI=1S/C13H19Cl2N3O/c1-2-6-19-9-4-3-5-18(8-9)13-11(15)7-10(14)12(16)17-13/h7,9H,2-6,8H2,1H3,(H2,16,17). The Morgan fingerprint density at radius 1 is 1.47 bits per heavy atom. The first-order valence-electron chi connectivity index (χ1n) is 6.60. The predicted octanol–water partition coefficient (Wildman–Crippen LogP) is 3.37. The monoisotopic (exact) mass is 303 g/mol. The molecular weight excluding hydrogens is 285 g/mol. The molecule has 1 aromatic rings. The van der Waals surface area contributed by atoms with Crippen molar-refractivity contribution in [3.63, 3.8) is 0 Å². The van der Waals surface area contributed by atoms with E-state index in [1.165, 1.54) is 0 Å². The first kappa shape index (κ1) is 14.7. The highest BCUT2D eigenvalue weighted by Crippen LogP contribution is 2.31. The fraction of sp³-hybridized carbons (Fsp3) is 0.615. The Morgan fingerprint density at radius 3 is 3.00 bits per heavy atom. The van der Waals surface area contributed by atoms with Crippen LogP contribution in [0.15, 0.2) is 6.07 Å². The van der Waals surface area contributed by atoms with Crippen LogP contribution >= 0.6 is 23.2 Å². The highest BCUT2D eigenvalue weighted by molar-refractivity contribution is 6.37. The van der Waals surface area contributed by atoms with Crippen molar-refractivity contribution in [1.29, 1.82) is 0 Å². The smallest absolute Gasteiger partial charge is 0.150 e. The van der Waals surface area contributed by atoms with Crippen molar-refractivity contribution in [3.05, 3.63) is 16.1 Å². The summed E-state index contributed by atoms with van der Waals surface area (Å²) in [6.07, 6.45) is 3.42. The summed E-state index contributed by atoms with van der Waals surface area (Å²) in [5.74, 6) is 1.02. The van der Waals surface area contributed by atoms with Gasteiger partial charge in [-0.15, -0.1) is 0 Å². The van der Waals surface area contributed by atoms with E-state index in [4.69, 9.17) is 33.7 Å². The first-order valence-corrected chi connectivity index (χ1v) is 7.35. The second-order valence-electron chi connectivity index (χ2n) is 4.74. The van der Waals surface area contributed by atoms with Gasteiger partial charge in [0, 0.05) is 19.7 Å². The minimum Gasteiger partial charge on any atom is -0.382 e. The number of rotatable bonds is 4. The topological polar surface area (TPSA) is 51.4 Å². The van der Waals surface area contributed by atoms with Crippen LogP contribution in [-0.2, 0) is 4.74 Å². The molecule has 1 unspecified atom stereocenters. The third-order valence-corrected chi connectivity index (χ3v) is 3.75. The Kier molecular flexibility index (Phi) is 5.13. The lowest BCUT2D eigenvalue weighted by molar-refractivity contribution is 0.0439. The maximum Gasteiger partial charge on any atom is 0.150 e. The zero-order chi connectivity index (χ0) is 13.8. The molecule has 0 aromatic carbocycles. The molecule has 2 N–H and O–H groups in total. The molecule has 0 spiro atoms. The molecule has 0 amide bonds. The Bertz CT molecular complexity index is 442. The third-order valence-electron chi connectivity index (χ3n) is 3.17. The molecular formula is C13H19Cl2N3O. The molecule has 1 fully saturated rings. The summed E-state index contributed by atoms with van der Waals surface area (Å²) < 4.78 is 5.81. The number of halogens is 2. The van der Waals surface area contributed by atoms with Crippen LogP contribution in [0, 0.1) is 0 Å². The summed E-state index contributed by atoms with van der Waals surface area (Å²) in [6.45, 7) is 4.62. The number of hydrogen-bond acceptors (Lipinski definition) is 4. The number of anilines is 2. The average molecular weight is 304 g/mol. The largest absolute Gasteiger partial charge is 0.382 e. The Hall–Kier alpha value is -0.710. The van der Waals surface area contributed by atoms with Crippen molar-refractivity contribution < 1.29 is 4.74 Å². The van der Waals surface area contributed by atoms with E-state index in [-0.39, 0.29) is 6.10 Å². The number of aromatic nitrogens is 1. The summed E-state index contributed by atoms with van der Waals surface area (Å²) >= 11 is 12.1. The van der Waals surface area contributed by atoms with Crippen LogP contribution in [0.3, 0.4) is 0 Å². The molecule has 0 bridgehead atoms. The van der Waals surface area contributed by atoms with Crippen molar-refractivity contribution >= 4 is 34.8 Å². The van der Waals surface area contributed by atoms with Crippen LogP contribution in [0.25, 0.3) is 0 Å². The van der Waals surface area contributed by atoms with Gasteiger partial charge in [0.1, 0.15) is 11.6 Å². The van der Waals surface area contributed by atoms with E-state index in [0.717, 1.165) is 39.0 Å². The summed E-state index contributed by atoms with van der Waals surface area (Å²) in [7, 11) is 0. The highest BCUT2D eigenvalue weighted by atomic mass is 35.5. The van der Waals surface area contributed by atoms with Gasteiger partial charge in [-0.25, -0.2) is 4.98 Å². The second-order valence-corrected chi connectivity index (χ2v) is 5.56. The molecule has 106 valence electrons. The molecule has 19 heavy (non-hydrogen) atoms. The zero-order valence-electron chi connectivity index (χ0n) is 11.0. The number of ether oxygens (including phenoxy) is 1.